The van der Waals surface area contributed by atoms with E-state index in [1.54, 1.807) is 4.90 Å². The van der Waals surface area contributed by atoms with Crippen LogP contribution in [0.5, 0.6) is 0 Å². The summed E-state index contributed by atoms with van der Waals surface area (Å²) in [4.78, 5) is 27.5. The van der Waals surface area contributed by atoms with Crippen molar-refractivity contribution in [2.24, 2.45) is 17.8 Å². The van der Waals surface area contributed by atoms with Crippen LogP contribution in [0.25, 0.3) is 0 Å². The molecule has 3 aliphatic heterocycles. The molecule has 0 N–H and O–H groups in total. The Morgan fingerprint density at radius 2 is 2.24 bits per heavy atom. The van der Waals surface area contributed by atoms with Crippen molar-refractivity contribution in [3.8, 4) is 0 Å². The third-order valence-corrected chi connectivity index (χ3v) is 5.24. The minimum atomic E-state index is -0.701. The molecule has 2 bridgehead atoms. The van der Waals surface area contributed by atoms with Gasteiger partial charge in [0.1, 0.15) is 11.5 Å². The molecule has 4 rings (SSSR count). The van der Waals surface area contributed by atoms with Crippen LogP contribution >= 0.6 is 0 Å². The maximum atomic E-state index is 13.1. The Labute approximate surface area is 147 Å². The van der Waals surface area contributed by atoms with Crippen LogP contribution in [0, 0.1) is 24.7 Å². The lowest BCUT2D eigenvalue weighted by atomic mass is 9.77. The molecular formula is C20H23NO4. The predicted octanol–water partition coefficient (Wildman–Crippen LogP) is 2.48. The fraction of sp³-hybridized carbons (Fsp3) is 0.500. The van der Waals surface area contributed by atoms with Crippen molar-refractivity contribution >= 4 is 17.6 Å². The molecule has 2 saturated heterocycles. The minimum Gasteiger partial charge on any atom is -0.465 e. The first-order valence-electron chi connectivity index (χ1n) is 8.83. The molecule has 4 atom stereocenters. The number of hydrogen-bond acceptors (Lipinski definition) is 4. The first-order valence-corrected chi connectivity index (χ1v) is 8.83. The van der Waals surface area contributed by atoms with E-state index in [1.165, 1.54) is 0 Å². The van der Waals surface area contributed by atoms with Gasteiger partial charge in [-0.25, -0.2) is 0 Å². The maximum absolute atomic E-state index is 13.1. The number of nitrogens with zero attached hydrogens (tertiary/aromatic N) is 1. The summed E-state index contributed by atoms with van der Waals surface area (Å²) in [5.74, 6) is -1.16. The number of anilines is 1. The van der Waals surface area contributed by atoms with Crippen LogP contribution in [0.1, 0.15) is 19.4 Å². The number of carbonyl (C=O) groups excluding carboxylic acids is 2. The quantitative estimate of drug-likeness (QED) is 0.624. The fourth-order valence-corrected chi connectivity index (χ4v) is 4.13. The Morgan fingerprint density at radius 1 is 1.44 bits per heavy atom. The van der Waals surface area contributed by atoms with Gasteiger partial charge in [0.2, 0.25) is 5.91 Å². The average molecular weight is 341 g/mol. The maximum Gasteiger partial charge on any atom is 0.312 e. The zero-order chi connectivity index (χ0) is 17.8. The van der Waals surface area contributed by atoms with Crippen molar-refractivity contribution in [1.82, 2.24) is 0 Å². The Morgan fingerprint density at radius 3 is 2.96 bits per heavy atom. The molecule has 25 heavy (non-hydrogen) atoms. The van der Waals surface area contributed by atoms with Crippen molar-refractivity contribution in [3.63, 3.8) is 0 Å². The molecule has 5 heteroatoms. The number of carbonyl (C=O) groups is 2. The third-order valence-electron chi connectivity index (χ3n) is 5.24. The van der Waals surface area contributed by atoms with E-state index in [9.17, 15) is 9.59 Å². The number of aryl methyl sites for hydroxylation is 1. The molecular weight excluding hydrogens is 318 g/mol. The summed E-state index contributed by atoms with van der Waals surface area (Å²) in [7, 11) is 0. The highest BCUT2D eigenvalue weighted by atomic mass is 16.6. The molecule has 0 aliphatic carbocycles. The van der Waals surface area contributed by atoms with Gasteiger partial charge in [-0.15, -0.1) is 0 Å². The lowest BCUT2D eigenvalue weighted by Crippen LogP contribution is -2.40. The number of benzene rings is 1. The Kier molecular flexibility index (Phi) is 3.72. The van der Waals surface area contributed by atoms with Gasteiger partial charge in [0, 0.05) is 5.69 Å². The van der Waals surface area contributed by atoms with Crippen LogP contribution in [0.4, 0.5) is 5.69 Å². The second kappa shape index (κ2) is 5.70. The summed E-state index contributed by atoms with van der Waals surface area (Å²) in [6.07, 6.45) is 3.51. The zero-order valence-electron chi connectivity index (χ0n) is 14.8. The molecule has 0 radical (unpaired) electrons. The van der Waals surface area contributed by atoms with Crippen molar-refractivity contribution in [1.29, 1.82) is 0 Å². The molecule has 132 valence electrons. The van der Waals surface area contributed by atoms with Crippen molar-refractivity contribution in [2.75, 3.05) is 18.1 Å². The van der Waals surface area contributed by atoms with Gasteiger partial charge in [-0.1, -0.05) is 38.1 Å². The van der Waals surface area contributed by atoms with Crippen molar-refractivity contribution in [3.05, 3.63) is 42.0 Å². The molecule has 3 aliphatic rings. The Balaban J connectivity index is 1.62. The van der Waals surface area contributed by atoms with Crippen LogP contribution in [0.3, 0.4) is 0 Å². The summed E-state index contributed by atoms with van der Waals surface area (Å²) < 4.78 is 11.5. The van der Waals surface area contributed by atoms with Gasteiger partial charge in [0.15, 0.2) is 0 Å². The van der Waals surface area contributed by atoms with Gasteiger partial charge in [0.25, 0.3) is 0 Å². The van der Waals surface area contributed by atoms with Crippen LogP contribution < -0.4 is 4.90 Å². The van der Waals surface area contributed by atoms with Gasteiger partial charge in [-0.3, -0.25) is 9.59 Å². The van der Waals surface area contributed by atoms with Gasteiger partial charge < -0.3 is 14.4 Å². The molecule has 0 saturated carbocycles. The molecule has 5 nitrogen and oxygen atoms in total. The first kappa shape index (κ1) is 16.3. The largest absolute Gasteiger partial charge is 0.465 e. The topological polar surface area (TPSA) is 55.8 Å². The van der Waals surface area contributed by atoms with E-state index in [1.807, 2.05) is 57.2 Å². The van der Waals surface area contributed by atoms with E-state index in [2.05, 4.69) is 0 Å². The number of fused-ring (bicyclic) bond motifs is 1. The zero-order valence-corrected chi connectivity index (χ0v) is 14.8. The van der Waals surface area contributed by atoms with Gasteiger partial charge in [-0.2, -0.15) is 0 Å². The predicted molar refractivity (Wildman–Crippen MR) is 93.1 cm³/mol. The van der Waals surface area contributed by atoms with E-state index < -0.39 is 17.4 Å². The number of esters is 1. The Bertz CT molecular complexity index is 756. The van der Waals surface area contributed by atoms with Crippen molar-refractivity contribution < 1.29 is 19.1 Å². The van der Waals surface area contributed by atoms with E-state index in [0.29, 0.717) is 13.2 Å². The van der Waals surface area contributed by atoms with Gasteiger partial charge in [0.05, 0.1) is 25.2 Å². The number of hydrogen-bond donors (Lipinski definition) is 0. The summed E-state index contributed by atoms with van der Waals surface area (Å²) in [5, 5.41) is 0. The molecule has 0 aromatic heterocycles. The van der Waals surface area contributed by atoms with Crippen LogP contribution in [-0.2, 0) is 19.1 Å². The number of rotatable bonds is 4. The number of amides is 1. The van der Waals surface area contributed by atoms with E-state index in [4.69, 9.17) is 9.47 Å². The first-order chi connectivity index (χ1) is 11.9. The van der Waals surface area contributed by atoms with E-state index >= 15 is 0 Å². The van der Waals surface area contributed by atoms with Gasteiger partial charge >= 0.3 is 5.97 Å². The highest BCUT2D eigenvalue weighted by Crippen LogP contribution is 2.52. The highest BCUT2D eigenvalue weighted by Gasteiger charge is 2.67. The molecule has 3 heterocycles. The minimum absolute atomic E-state index is 0.0519. The number of ether oxygens (including phenoxy) is 2. The Hall–Kier alpha value is -2.14. The highest BCUT2D eigenvalue weighted by molar-refractivity contribution is 6.02. The summed E-state index contributed by atoms with van der Waals surface area (Å²) >= 11 is 0. The van der Waals surface area contributed by atoms with E-state index in [0.717, 1.165) is 11.3 Å². The second-order valence-corrected chi connectivity index (χ2v) is 7.69. The molecule has 0 unspecified atom stereocenters. The summed E-state index contributed by atoms with van der Waals surface area (Å²) in [6, 6.07) is 7.84. The molecule has 2 fully saturated rings. The van der Waals surface area contributed by atoms with Gasteiger partial charge in [-0.05, 0) is 30.5 Å². The normalized spacial score (nSPS) is 32.6. The summed E-state index contributed by atoms with van der Waals surface area (Å²) in [6.45, 7) is 6.79. The molecule has 1 spiro atoms. The fourth-order valence-electron chi connectivity index (χ4n) is 4.13. The molecule has 1 amide bonds. The average Bonchev–Trinajstić information content (AvgIpc) is 3.21. The van der Waals surface area contributed by atoms with Crippen LogP contribution in [0.2, 0.25) is 0 Å². The van der Waals surface area contributed by atoms with Crippen molar-refractivity contribution in [2.45, 2.75) is 32.5 Å². The standard InChI is InChI=1S/C20H23NO4/c1-12(2)10-24-19(23)16-15-7-8-20(25-15)11-21(18(22)17(16)20)14-6-4-5-13(3)9-14/h4-9,12,15-17H,10-11H2,1-3H3/t15-,16-,17-,20-/m1/s1. The SMILES string of the molecule is Cc1cccc(N2C[C@@]34C=C[C@@H](O3)[C@@H](C(=O)OCC(C)C)[C@@H]4C2=O)c1. The summed E-state index contributed by atoms with van der Waals surface area (Å²) in [5.41, 5.74) is 1.24. The smallest absolute Gasteiger partial charge is 0.312 e. The second-order valence-electron chi connectivity index (χ2n) is 7.69. The van der Waals surface area contributed by atoms with Crippen LogP contribution in [-0.4, -0.2) is 36.7 Å². The molecule has 1 aromatic rings. The third kappa shape index (κ3) is 2.49. The van der Waals surface area contributed by atoms with E-state index in [-0.39, 0.29) is 23.9 Å². The monoisotopic (exact) mass is 341 g/mol. The lowest BCUT2D eigenvalue weighted by molar-refractivity contribution is -0.153. The molecule has 1 aromatic carbocycles. The lowest BCUT2D eigenvalue weighted by Gasteiger charge is -2.23. The van der Waals surface area contributed by atoms with Crippen LogP contribution in [0.15, 0.2) is 36.4 Å².